The van der Waals surface area contributed by atoms with Gasteiger partial charge in [0.05, 0.1) is 12.0 Å². The number of H-pyrrole nitrogens is 1. The Morgan fingerprint density at radius 3 is 2.76 bits per heavy atom. The molecule has 2 heterocycles. The number of nitrogens with zero attached hydrogens (tertiary/aromatic N) is 1. The van der Waals surface area contributed by atoms with Crippen LogP contribution in [0.25, 0.3) is 10.2 Å². The van der Waals surface area contributed by atoms with Crippen LogP contribution in [0.1, 0.15) is 38.1 Å². The molecule has 0 aromatic carbocycles. The smallest absolute Gasteiger partial charge is 0.329 e. The average molecular weight is 326 g/mol. The summed E-state index contributed by atoms with van der Waals surface area (Å²) in [6.07, 6.45) is 1.31. The van der Waals surface area contributed by atoms with E-state index in [1.807, 2.05) is 19.9 Å². The molecule has 0 aliphatic heterocycles. The second-order valence-electron chi connectivity index (χ2n) is 4.59. The van der Waals surface area contributed by atoms with E-state index in [0.717, 1.165) is 16.1 Å². The maximum absolute atomic E-state index is 12.7. The quantitative estimate of drug-likeness (QED) is 0.677. The predicted molar refractivity (Wildman–Crippen MR) is 86.6 cm³/mol. The zero-order valence-electron chi connectivity index (χ0n) is 12.3. The van der Waals surface area contributed by atoms with Gasteiger partial charge in [0.25, 0.3) is 5.56 Å². The first-order valence-corrected chi connectivity index (χ1v) is 8.19. The Labute approximate surface area is 131 Å². The molecular weight excluding hydrogens is 308 g/mol. The highest BCUT2D eigenvalue weighted by atomic mass is 32.1. The summed E-state index contributed by atoms with van der Waals surface area (Å²) in [5.74, 6) is -0.424. The minimum Gasteiger partial charge on any atom is -0.464 e. The second kappa shape index (κ2) is 6.53. The van der Waals surface area contributed by atoms with Gasteiger partial charge in [0.2, 0.25) is 0 Å². The highest BCUT2D eigenvalue weighted by Crippen LogP contribution is 2.23. The molecule has 0 saturated carbocycles. The van der Waals surface area contributed by atoms with Crippen molar-refractivity contribution in [2.75, 3.05) is 6.61 Å². The molecular formula is C14H18N2O3S2. The van der Waals surface area contributed by atoms with Crippen molar-refractivity contribution in [1.29, 1.82) is 0 Å². The minimum absolute atomic E-state index is 0.232. The molecule has 5 nitrogen and oxygen atoms in total. The molecule has 21 heavy (non-hydrogen) atoms. The summed E-state index contributed by atoms with van der Waals surface area (Å²) in [5.41, 5.74) is -0.232. The molecule has 0 fully saturated rings. The highest BCUT2D eigenvalue weighted by Gasteiger charge is 2.23. The molecule has 2 aromatic heterocycles. The predicted octanol–water partition coefficient (Wildman–Crippen LogP) is 3.20. The lowest BCUT2D eigenvalue weighted by Gasteiger charge is -2.16. The van der Waals surface area contributed by atoms with Crippen molar-refractivity contribution in [3.8, 4) is 0 Å². The first kappa shape index (κ1) is 15.9. The maximum atomic E-state index is 12.7. The average Bonchev–Trinajstić information content (AvgIpc) is 2.86. The monoisotopic (exact) mass is 326 g/mol. The molecule has 0 aliphatic rings. The summed E-state index contributed by atoms with van der Waals surface area (Å²) >= 11 is 6.79. The van der Waals surface area contributed by atoms with E-state index in [1.54, 1.807) is 6.92 Å². The maximum Gasteiger partial charge on any atom is 0.329 e. The number of ether oxygens (including phenoxy) is 1. The topological polar surface area (TPSA) is 64.1 Å². The fourth-order valence-electron chi connectivity index (χ4n) is 2.22. The molecule has 2 rings (SSSR count). The van der Waals surface area contributed by atoms with Crippen LogP contribution in [-0.4, -0.2) is 22.1 Å². The van der Waals surface area contributed by atoms with Gasteiger partial charge < -0.3 is 9.72 Å². The number of hydrogen-bond donors (Lipinski definition) is 1. The number of esters is 1. The van der Waals surface area contributed by atoms with Gasteiger partial charge in [-0.15, -0.1) is 11.3 Å². The van der Waals surface area contributed by atoms with Gasteiger partial charge in [0, 0.05) is 4.88 Å². The fourth-order valence-corrected chi connectivity index (χ4v) is 3.59. The number of hydrogen-bond acceptors (Lipinski definition) is 5. The Morgan fingerprint density at radius 2 is 2.19 bits per heavy atom. The Bertz CT molecular complexity index is 773. The van der Waals surface area contributed by atoms with E-state index in [0.29, 0.717) is 11.8 Å². The summed E-state index contributed by atoms with van der Waals surface area (Å²) in [7, 11) is 0. The van der Waals surface area contributed by atoms with E-state index >= 15 is 0 Å². The molecule has 2 aromatic rings. The summed E-state index contributed by atoms with van der Waals surface area (Å²) in [5, 5.41) is 0.577. The van der Waals surface area contributed by atoms with Crippen molar-refractivity contribution >= 4 is 39.7 Å². The van der Waals surface area contributed by atoms with Gasteiger partial charge in [-0.25, -0.2) is 4.79 Å². The SMILES string of the molecule is CCOC(=O)C(CC)n1c(=S)[nH]c2sc(CC)cc2c1=O. The van der Waals surface area contributed by atoms with Crippen LogP contribution in [0.4, 0.5) is 0 Å². The van der Waals surface area contributed by atoms with Crippen molar-refractivity contribution in [3.05, 3.63) is 26.1 Å². The molecule has 1 N–H and O–H groups in total. The van der Waals surface area contributed by atoms with Crippen LogP contribution in [0, 0.1) is 4.77 Å². The molecule has 1 unspecified atom stereocenters. The third-order valence-electron chi connectivity index (χ3n) is 3.28. The van der Waals surface area contributed by atoms with Crippen molar-refractivity contribution in [2.45, 2.75) is 39.7 Å². The minimum atomic E-state index is -0.685. The normalized spacial score (nSPS) is 12.5. The highest BCUT2D eigenvalue weighted by molar-refractivity contribution is 7.71. The Kier molecular flexibility index (Phi) is 4.95. The molecule has 1 atom stereocenters. The number of carbonyl (C=O) groups excluding carboxylic acids is 1. The van der Waals surface area contributed by atoms with Gasteiger partial charge in [-0.3, -0.25) is 9.36 Å². The number of nitrogens with one attached hydrogen (secondary N) is 1. The van der Waals surface area contributed by atoms with Crippen LogP contribution < -0.4 is 5.56 Å². The van der Waals surface area contributed by atoms with Crippen molar-refractivity contribution < 1.29 is 9.53 Å². The summed E-state index contributed by atoms with van der Waals surface area (Å²) < 4.78 is 6.64. The van der Waals surface area contributed by atoms with E-state index in [1.165, 1.54) is 15.9 Å². The van der Waals surface area contributed by atoms with E-state index in [-0.39, 0.29) is 16.9 Å². The first-order chi connectivity index (χ1) is 10.0. The molecule has 7 heteroatoms. The van der Waals surface area contributed by atoms with Gasteiger partial charge >= 0.3 is 5.97 Å². The Hall–Kier alpha value is -1.47. The van der Waals surface area contributed by atoms with Gasteiger partial charge in [0.15, 0.2) is 4.77 Å². The van der Waals surface area contributed by atoms with Crippen molar-refractivity contribution in [2.24, 2.45) is 0 Å². The fraction of sp³-hybridized carbons (Fsp3) is 0.500. The van der Waals surface area contributed by atoms with Crippen molar-refractivity contribution in [3.63, 3.8) is 0 Å². The van der Waals surface area contributed by atoms with Crippen LogP contribution >= 0.6 is 23.6 Å². The number of thiophene rings is 1. The molecule has 0 saturated heterocycles. The summed E-state index contributed by atoms with van der Waals surface area (Å²) in [6, 6.07) is 1.18. The number of fused-ring (bicyclic) bond motifs is 1. The number of carbonyl (C=O) groups is 1. The van der Waals surface area contributed by atoms with Gasteiger partial charge in [-0.05, 0) is 38.0 Å². The lowest BCUT2D eigenvalue weighted by atomic mass is 10.2. The standard InChI is InChI=1S/C14H18N2O3S2/c1-4-8-7-9-11(21-8)15-14(20)16(12(9)17)10(5-2)13(18)19-6-3/h7,10H,4-6H2,1-3H3,(H,15,20). The Morgan fingerprint density at radius 1 is 1.48 bits per heavy atom. The molecule has 0 aliphatic carbocycles. The zero-order valence-corrected chi connectivity index (χ0v) is 13.9. The van der Waals surface area contributed by atoms with E-state index in [4.69, 9.17) is 17.0 Å². The lowest BCUT2D eigenvalue weighted by molar-refractivity contribution is -0.147. The number of aromatic nitrogens is 2. The molecule has 0 amide bonds. The molecule has 0 radical (unpaired) electrons. The largest absolute Gasteiger partial charge is 0.464 e. The van der Waals surface area contributed by atoms with E-state index < -0.39 is 12.0 Å². The summed E-state index contributed by atoms with van der Waals surface area (Å²) in [4.78, 5) is 29.6. The van der Waals surface area contributed by atoms with E-state index in [9.17, 15) is 9.59 Å². The van der Waals surface area contributed by atoms with Crippen LogP contribution in [-0.2, 0) is 16.0 Å². The van der Waals surface area contributed by atoms with Crippen LogP contribution in [0.5, 0.6) is 0 Å². The van der Waals surface area contributed by atoms with Crippen LogP contribution in [0.15, 0.2) is 10.9 Å². The van der Waals surface area contributed by atoms with Crippen LogP contribution in [0.2, 0.25) is 0 Å². The van der Waals surface area contributed by atoms with Gasteiger partial charge in [0.1, 0.15) is 10.9 Å². The number of rotatable bonds is 5. The summed E-state index contributed by atoms with van der Waals surface area (Å²) in [6.45, 7) is 5.88. The molecule has 0 spiro atoms. The van der Waals surface area contributed by atoms with Crippen molar-refractivity contribution in [1.82, 2.24) is 9.55 Å². The lowest BCUT2D eigenvalue weighted by Crippen LogP contribution is -2.31. The molecule has 0 bridgehead atoms. The first-order valence-electron chi connectivity index (χ1n) is 6.97. The Balaban J connectivity index is 2.65. The number of aromatic amines is 1. The third kappa shape index (κ3) is 2.94. The van der Waals surface area contributed by atoms with Crippen LogP contribution in [0.3, 0.4) is 0 Å². The van der Waals surface area contributed by atoms with E-state index in [2.05, 4.69) is 4.98 Å². The zero-order chi connectivity index (χ0) is 15.6. The third-order valence-corrected chi connectivity index (χ3v) is 4.77. The number of aryl methyl sites for hydroxylation is 1. The van der Waals surface area contributed by atoms with Gasteiger partial charge in [-0.2, -0.15) is 0 Å². The molecule has 114 valence electrons. The van der Waals surface area contributed by atoms with Gasteiger partial charge in [-0.1, -0.05) is 13.8 Å². The second-order valence-corrected chi connectivity index (χ2v) is 6.11.